The summed E-state index contributed by atoms with van der Waals surface area (Å²) in [7, 11) is 0. The summed E-state index contributed by atoms with van der Waals surface area (Å²) in [6.07, 6.45) is 1.85. The second-order valence-corrected chi connectivity index (χ2v) is 7.33. The molecule has 0 spiro atoms. The van der Waals surface area contributed by atoms with E-state index in [0.717, 1.165) is 5.06 Å². The zero-order valence-corrected chi connectivity index (χ0v) is 13.0. The summed E-state index contributed by atoms with van der Waals surface area (Å²) in [5.74, 6) is 0.118. The lowest BCUT2D eigenvalue weighted by Crippen LogP contribution is -2.67. The molecule has 0 aromatic heterocycles. The zero-order chi connectivity index (χ0) is 14.4. The number of hydrogen-bond acceptors (Lipinski definition) is 2. The van der Waals surface area contributed by atoms with E-state index in [1.165, 1.54) is 0 Å². The Kier molecular flexibility index (Phi) is 4.00. The minimum atomic E-state index is -0.820. The van der Waals surface area contributed by atoms with E-state index in [1.807, 2.05) is 27.7 Å². The van der Waals surface area contributed by atoms with Crippen LogP contribution in [-0.4, -0.2) is 21.9 Å². The quantitative estimate of drug-likeness (QED) is 0.755. The number of ketones is 1. The molecular formula is C15H28NO2. The molecule has 1 unspecified atom stereocenters. The van der Waals surface area contributed by atoms with Crippen LogP contribution in [0.4, 0.5) is 0 Å². The summed E-state index contributed by atoms with van der Waals surface area (Å²) in [6.45, 7) is 14.1. The van der Waals surface area contributed by atoms with E-state index < -0.39 is 11.1 Å². The predicted octanol–water partition coefficient (Wildman–Crippen LogP) is 3.61. The molecule has 0 amide bonds. The van der Waals surface area contributed by atoms with Crippen molar-refractivity contribution in [2.75, 3.05) is 0 Å². The highest BCUT2D eigenvalue weighted by molar-refractivity contribution is 5.91. The van der Waals surface area contributed by atoms with E-state index in [9.17, 15) is 10.0 Å². The van der Waals surface area contributed by atoms with Gasteiger partial charge in [-0.3, -0.25) is 4.79 Å². The van der Waals surface area contributed by atoms with Gasteiger partial charge in [-0.15, -0.1) is 10.3 Å². The van der Waals surface area contributed by atoms with Gasteiger partial charge in [-0.2, -0.15) is 0 Å². The zero-order valence-electron chi connectivity index (χ0n) is 13.0. The van der Waals surface area contributed by atoms with Crippen LogP contribution in [0.3, 0.4) is 0 Å². The van der Waals surface area contributed by atoms with E-state index in [1.54, 1.807) is 0 Å². The minimum Gasteiger partial charge on any atom is -0.297 e. The van der Waals surface area contributed by atoms with Crippen LogP contribution in [-0.2, 0) is 10.0 Å². The highest BCUT2D eigenvalue weighted by Gasteiger charge is 2.57. The first-order valence-electron chi connectivity index (χ1n) is 7.04. The van der Waals surface area contributed by atoms with Crippen LogP contribution >= 0.6 is 0 Å². The Morgan fingerprint density at radius 2 is 1.67 bits per heavy atom. The Hall–Kier alpha value is -0.410. The second kappa shape index (κ2) is 4.61. The summed E-state index contributed by atoms with van der Waals surface area (Å²) in [5.41, 5.74) is -1.36. The van der Waals surface area contributed by atoms with E-state index in [2.05, 4.69) is 20.8 Å². The molecule has 1 rings (SSSR count). The fraction of sp³-hybridized carbons (Fsp3) is 0.933. The molecule has 1 aliphatic rings. The smallest absolute Gasteiger partial charge is 0.159 e. The molecule has 3 heteroatoms. The molecule has 1 fully saturated rings. The highest BCUT2D eigenvalue weighted by Crippen LogP contribution is 2.47. The van der Waals surface area contributed by atoms with Crippen LogP contribution in [0.5, 0.6) is 0 Å². The van der Waals surface area contributed by atoms with Gasteiger partial charge in [0.25, 0.3) is 0 Å². The van der Waals surface area contributed by atoms with E-state index in [4.69, 9.17) is 0 Å². The van der Waals surface area contributed by atoms with Gasteiger partial charge in [0.05, 0.1) is 0 Å². The minimum absolute atomic E-state index is 0.0300. The van der Waals surface area contributed by atoms with Crippen molar-refractivity contribution in [2.45, 2.75) is 78.8 Å². The molecular weight excluding hydrogens is 226 g/mol. The molecule has 18 heavy (non-hydrogen) atoms. The Labute approximate surface area is 112 Å². The van der Waals surface area contributed by atoms with Gasteiger partial charge in [-0.1, -0.05) is 34.6 Å². The molecule has 1 atom stereocenters. The number of carbonyl (C=O) groups excluding carboxylic acids is 1. The first-order chi connectivity index (χ1) is 8.03. The third kappa shape index (κ3) is 2.23. The van der Waals surface area contributed by atoms with Crippen molar-refractivity contribution in [3.05, 3.63) is 0 Å². The van der Waals surface area contributed by atoms with Crippen molar-refractivity contribution in [3.63, 3.8) is 0 Å². The van der Waals surface area contributed by atoms with Gasteiger partial charge in [-0.05, 0) is 38.5 Å². The molecule has 1 aliphatic heterocycles. The fourth-order valence-electron chi connectivity index (χ4n) is 3.26. The Balaban J connectivity index is 3.29. The summed E-state index contributed by atoms with van der Waals surface area (Å²) in [4.78, 5) is 12.8. The van der Waals surface area contributed by atoms with E-state index >= 15 is 0 Å². The number of carbonyl (C=O) groups is 1. The molecule has 0 aromatic rings. The molecule has 105 valence electrons. The molecule has 1 saturated heterocycles. The Bertz CT molecular complexity index is 324. The van der Waals surface area contributed by atoms with Gasteiger partial charge < -0.3 is 0 Å². The molecule has 0 saturated carbocycles. The summed E-state index contributed by atoms with van der Waals surface area (Å²) >= 11 is 0. The molecule has 1 heterocycles. The summed E-state index contributed by atoms with van der Waals surface area (Å²) in [6, 6.07) is 0. The van der Waals surface area contributed by atoms with E-state index in [0.29, 0.717) is 19.3 Å². The van der Waals surface area contributed by atoms with Crippen LogP contribution < -0.4 is 0 Å². The van der Waals surface area contributed by atoms with Crippen molar-refractivity contribution >= 4 is 5.78 Å². The Morgan fingerprint density at radius 1 is 1.22 bits per heavy atom. The van der Waals surface area contributed by atoms with Crippen LogP contribution in [0.25, 0.3) is 0 Å². The lowest BCUT2D eigenvalue weighted by atomic mass is 9.62. The molecule has 3 nitrogen and oxygen atoms in total. The average Bonchev–Trinajstić information content (AvgIpc) is 2.25. The standard InChI is InChI=1S/C15H28NO2/c1-8-15(9-2)12(17)11(13(3,4)5)10-14(6,7)16(15)18/h11H,8-10H2,1-7H3. The number of rotatable bonds is 2. The molecule has 0 bridgehead atoms. The first kappa shape index (κ1) is 15.6. The first-order valence-corrected chi connectivity index (χ1v) is 7.04. The number of piperidine rings is 1. The maximum Gasteiger partial charge on any atom is 0.159 e. The van der Waals surface area contributed by atoms with Gasteiger partial charge in [-0.25, -0.2) is 0 Å². The second-order valence-electron chi connectivity index (χ2n) is 7.33. The van der Waals surface area contributed by atoms with Gasteiger partial charge in [0.15, 0.2) is 5.78 Å². The third-order valence-electron chi connectivity index (χ3n) is 4.63. The average molecular weight is 254 g/mol. The maximum absolute atomic E-state index is 12.8. The topological polar surface area (TPSA) is 40.2 Å². The van der Waals surface area contributed by atoms with Gasteiger partial charge in [0.1, 0.15) is 5.54 Å². The highest BCUT2D eigenvalue weighted by atomic mass is 16.5. The number of hydroxylamine groups is 2. The largest absolute Gasteiger partial charge is 0.297 e. The van der Waals surface area contributed by atoms with E-state index in [-0.39, 0.29) is 17.1 Å². The number of nitrogens with zero attached hydrogens (tertiary/aromatic N) is 1. The van der Waals surface area contributed by atoms with Crippen molar-refractivity contribution in [2.24, 2.45) is 11.3 Å². The lowest BCUT2D eigenvalue weighted by Gasteiger charge is -2.53. The maximum atomic E-state index is 12.8. The molecule has 0 aliphatic carbocycles. The predicted molar refractivity (Wildman–Crippen MR) is 72.5 cm³/mol. The Morgan fingerprint density at radius 3 is 2.00 bits per heavy atom. The fourth-order valence-corrected chi connectivity index (χ4v) is 3.26. The summed E-state index contributed by atoms with van der Waals surface area (Å²) in [5, 5.41) is 13.7. The van der Waals surface area contributed by atoms with Crippen molar-refractivity contribution in [3.8, 4) is 0 Å². The van der Waals surface area contributed by atoms with Crippen molar-refractivity contribution in [1.29, 1.82) is 0 Å². The van der Waals surface area contributed by atoms with Gasteiger partial charge in [0.2, 0.25) is 0 Å². The lowest BCUT2D eigenvalue weighted by molar-refractivity contribution is -0.292. The third-order valence-corrected chi connectivity index (χ3v) is 4.63. The van der Waals surface area contributed by atoms with Crippen molar-refractivity contribution < 1.29 is 10.0 Å². The molecule has 1 radical (unpaired) electrons. The van der Waals surface area contributed by atoms with Crippen LogP contribution in [0.1, 0.15) is 67.7 Å². The summed E-state index contributed by atoms with van der Waals surface area (Å²) < 4.78 is 0. The monoisotopic (exact) mass is 254 g/mol. The normalized spacial score (nSPS) is 28.4. The number of hydrogen-bond donors (Lipinski definition) is 0. The number of Topliss-reactive ketones (excluding diaryl/α,β-unsaturated/α-hetero) is 1. The molecule has 0 N–H and O–H groups in total. The van der Waals surface area contributed by atoms with Gasteiger partial charge >= 0.3 is 0 Å². The van der Waals surface area contributed by atoms with Crippen LogP contribution in [0.2, 0.25) is 0 Å². The molecule has 0 aromatic carbocycles. The van der Waals surface area contributed by atoms with Crippen LogP contribution in [0.15, 0.2) is 0 Å². The van der Waals surface area contributed by atoms with Gasteiger partial charge in [0, 0.05) is 11.5 Å². The van der Waals surface area contributed by atoms with Crippen molar-refractivity contribution in [1.82, 2.24) is 5.06 Å². The SMILES string of the molecule is CCC1(CC)C(=O)C(C(C)(C)C)CC(C)(C)N1[O]. The van der Waals surface area contributed by atoms with Crippen LogP contribution in [0, 0.1) is 11.3 Å².